The first-order valence-corrected chi connectivity index (χ1v) is 17.6. The molecule has 0 spiro atoms. The number of hydrogen-bond acceptors (Lipinski definition) is 19. The third-order valence-corrected chi connectivity index (χ3v) is 6.81. The lowest BCUT2D eigenvalue weighted by molar-refractivity contribution is -0.157. The SMILES string of the molecule is [13CH3][13C](=O)OC1C(=O)CCC1=O.[13CH3][13C](=O)OC1C(=O)CCC1=O.[13CH3][15NH]C(=O)CCN=[N+]=[N-].[13CH3][15NH][13C]([13CH3])=O.[13CH3][15N]=[N+]=N.[N-]=[N+]=NCCC(=O)NCCC(=O)OC1C(=O)CCC1=O. The van der Waals surface area contributed by atoms with Crippen LogP contribution in [0.2, 0.25) is 0 Å². The molecule has 3 amide bonds. The van der Waals surface area contributed by atoms with Gasteiger partial charge >= 0.3 is 17.9 Å². The van der Waals surface area contributed by atoms with Crippen LogP contribution in [0, 0.1) is 5.53 Å². The minimum Gasteiger partial charge on any atom is -0.446 e. The van der Waals surface area contributed by atoms with E-state index in [4.69, 9.17) is 21.3 Å². The van der Waals surface area contributed by atoms with Gasteiger partial charge in [0, 0.05) is 116 Å². The Balaban J connectivity index is -0.000000702. The van der Waals surface area contributed by atoms with Gasteiger partial charge < -0.3 is 30.2 Å². The third-order valence-electron chi connectivity index (χ3n) is 6.81. The van der Waals surface area contributed by atoms with Crippen molar-refractivity contribution in [2.24, 2.45) is 15.3 Å². The van der Waals surface area contributed by atoms with Gasteiger partial charge in [0.05, 0.1) is 6.42 Å². The zero-order valence-electron chi connectivity index (χ0n) is 33.9. The minimum absolute atomic E-state index is 0.00463. The van der Waals surface area contributed by atoms with Gasteiger partial charge in [0.25, 0.3) is 0 Å². The number of rotatable bonds is 12. The van der Waals surface area contributed by atoms with Crippen LogP contribution in [0.3, 0.4) is 0 Å². The highest BCUT2D eigenvalue weighted by Crippen LogP contribution is 2.16. The molecule has 0 atom stereocenters. The van der Waals surface area contributed by atoms with Crippen LogP contribution in [0.15, 0.2) is 15.3 Å². The van der Waals surface area contributed by atoms with Crippen LogP contribution in [0.25, 0.3) is 20.9 Å². The van der Waals surface area contributed by atoms with E-state index < -0.39 is 36.2 Å². The summed E-state index contributed by atoms with van der Waals surface area (Å²) in [6, 6.07) is 0. The van der Waals surface area contributed by atoms with E-state index in [0.717, 1.165) is 0 Å². The average molecular weight is 866 g/mol. The van der Waals surface area contributed by atoms with Gasteiger partial charge in [-0.1, -0.05) is 10.2 Å². The van der Waals surface area contributed by atoms with Gasteiger partial charge in [-0.25, -0.2) is 0 Å². The molecule has 27 nitrogen and oxygen atoms in total. The molecule has 3 fully saturated rings. The van der Waals surface area contributed by atoms with Crippen LogP contribution in [0.5, 0.6) is 0 Å². The second-order valence-electron chi connectivity index (χ2n) is 11.4. The molecule has 60 heavy (non-hydrogen) atoms. The fourth-order valence-electron chi connectivity index (χ4n) is 3.89. The summed E-state index contributed by atoms with van der Waals surface area (Å²) in [5, 5.41) is 16.6. The number of esters is 3. The summed E-state index contributed by atoms with van der Waals surface area (Å²) in [5.41, 5.74) is 21.7. The predicted octanol–water partition coefficient (Wildman–Crippen LogP) is 0.0888. The van der Waals surface area contributed by atoms with E-state index in [0.29, 0.717) is 0 Å². The molecule has 330 valence electrons. The van der Waals surface area contributed by atoms with Gasteiger partial charge in [-0.3, -0.25) is 57.5 Å². The maximum atomic E-state index is 11.4. The van der Waals surface area contributed by atoms with E-state index in [1.54, 1.807) is 14.1 Å². The summed E-state index contributed by atoms with van der Waals surface area (Å²) in [4.78, 5) is 137. The van der Waals surface area contributed by atoms with Crippen LogP contribution < -0.4 is 20.9 Å². The Kier molecular flexibility index (Phi) is 33.3. The number of ether oxygens (including phenoxy) is 3. The smallest absolute Gasteiger partial charge is 0.308 e. The Morgan fingerprint density at radius 2 is 0.933 bits per heavy atom. The lowest BCUT2D eigenvalue weighted by Gasteiger charge is -2.09. The van der Waals surface area contributed by atoms with Crippen molar-refractivity contribution in [1.82, 2.24) is 20.9 Å². The zero-order valence-corrected chi connectivity index (χ0v) is 33.9. The number of ketones is 6. The number of amides is 3. The summed E-state index contributed by atoms with van der Waals surface area (Å²) >= 11 is 0. The Hall–Kier alpha value is -7.23. The van der Waals surface area contributed by atoms with Crippen LogP contribution in [-0.2, 0) is 71.7 Å². The molecule has 0 heterocycles. The fraction of sp³-hybridized carbons (Fsp3) is 0.636. The maximum absolute atomic E-state index is 11.4. The van der Waals surface area contributed by atoms with Crippen molar-refractivity contribution in [1.29, 1.82) is 5.53 Å². The molecule has 3 aliphatic carbocycles. The molecule has 0 saturated heterocycles. The van der Waals surface area contributed by atoms with E-state index in [1.165, 1.54) is 27.8 Å². The van der Waals surface area contributed by atoms with Gasteiger partial charge in [-0.2, -0.15) is 0 Å². The monoisotopic (exact) mass is 865 g/mol. The molecule has 27 heteroatoms. The summed E-state index contributed by atoms with van der Waals surface area (Å²) in [6.45, 7) is 4.13. The van der Waals surface area contributed by atoms with Crippen LogP contribution >= 0.6 is 0 Å². The quantitative estimate of drug-likeness (QED) is 0.0295. The standard InChI is InChI=1S/C11H14N4O5.2C7H8O4.C4H8N4O.C3H7NO.CH4N3/c12-15-14-6-3-9(18)13-5-4-10(19)20-11-7(16)1-2-8(11)17;2*1-4(8)11-7-5(9)2-3-6(7)10;1-6-4(9)2-3-7-8-5;1-3(5)4-2;1-3-4-2/h11H,1-6H2,(H,13,18);2*7H,2-3H2,1H3;2-3H2,1H3,(H,6,9);1-2H3,(H,4,5);2H,1H3/q;;;;;+1/i;2*1+1,4+1;1+1,6+1;1+1,2+1,3+1,4+1;1+1,3+1. The Bertz CT molecular complexity index is 1620. The van der Waals surface area contributed by atoms with Gasteiger partial charge in [0.1, 0.15) is 17.7 Å². The Morgan fingerprint density at radius 3 is 1.20 bits per heavy atom. The normalized spacial score (nSPS) is 13.9. The van der Waals surface area contributed by atoms with E-state index >= 15 is 0 Å². The highest BCUT2D eigenvalue weighted by Gasteiger charge is 2.37. The van der Waals surface area contributed by atoms with Gasteiger partial charge in [-0.15, -0.1) is 0 Å². The number of carbonyl (C=O) groups is 12. The van der Waals surface area contributed by atoms with Crippen LogP contribution in [0.1, 0.15) is 78.6 Å². The topological polar surface area (TPSA) is 416 Å². The first kappa shape index (κ1) is 57.1. The molecule has 0 aromatic rings. The molecule has 3 rings (SSSR count). The second-order valence-corrected chi connectivity index (χ2v) is 11.4. The number of nitrogens with one attached hydrogen (secondary N) is 4. The summed E-state index contributed by atoms with van der Waals surface area (Å²) in [7, 11) is 4.59. The van der Waals surface area contributed by atoms with E-state index in [-0.39, 0.29) is 130 Å². The summed E-state index contributed by atoms with van der Waals surface area (Å²) < 4.78 is 13.8. The minimum atomic E-state index is -1.27. The van der Waals surface area contributed by atoms with Crippen molar-refractivity contribution in [3.63, 3.8) is 0 Å². The van der Waals surface area contributed by atoms with Crippen molar-refractivity contribution < 1.29 is 71.7 Å². The molecule has 0 bridgehead atoms. The van der Waals surface area contributed by atoms with Crippen molar-refractivity contribution in [2.45, 2.75) is 96.9 Å². The molecular weight excluding hydrogens is 816 g/mol. The summed E-state index contributed by atoms with van der Waals surface area (Å²) in [6.07, 6.45) is -2.30. The highest BCUT2D eigenvalue weighted by atomic mass is 16.6. The number of Topliss-reactive ketones (excluding diaryl/α,β-unsaturated/α-hetero) is 6. The second kappa shape index (κ2) is 35.0. The maximum Gasteiger partial charge on any atom is 0.308 e. The molecular formula is C33H49N12O15+. The van der Waals surface area contributed by atoms with E-state index in [2.05, 4.69) is 55.5 Å². The largest absolute Gasteiger partial charge is 0.446 e. The first-order chi connectivity index (χ1) is 28.3. The number of nitrogens with zero attached hydrogens (tertiary/aromatic N) is 8. The van der Waals surface area contributed by atoms with Crippen molar-refractivity contribution >= 4 is 70.3 Å². The molecule has 0 aliphatic heterocycles. The van der Waals surface area contributed by atoms with E-state index in [9.17, 15) is 57.5 Å². The van der Waals surface area contributed by atoms with Crippen LogP contribution in [-0.4, -0.2) is 129 Å². The molecule has 0 unspecified atom stereocenters. The van der Waals surface area contributed by atoms with Crippen molar-refractivity contribution in [3.05, 3.63) is 20.9 Å². The molecule has 0 aromatic heterocycles. The first-order valence-electron chi connectivity index (χ1n) is 17.6. The third kappa shape index (κ3) is 30.0. The summed E-state index contributed by atoms with van der Waals surface area (Å²) in [5.74, 6) is -4.27. The van der Waals surface area contributed by atoms with Crippen molar-refractivity contribution in [3.8, 4) is 0 Å². The number of carbonyl (C=O) groups excluding carboxylic acids is 12. The predicted molar refractivity (Wildman–Crippen MR) is 201 cm³/mol. The highest BCUT2D eigenvalue weighted by molar-refractivity contribution is 6.13. The Labute approximate surface area is 342 Å². The zero-order chi connectivity index (χ0) is 46.6. The molecule has 0 radical (unpaired) electrons. The van der Waals surface area contributed by atoms with E-state index in [1.807, 2.05) is 0 Å². The van der Waals surface area contributed by atoms with Gasteiger partial charge in [0.15, 0.2) is 34.7 Å². The fourth-order valence-corrected chi connectivity index (χ4v) is 3.89. The molecule has 3 aliphatic rings. The lowest BCUT2D eigenvalue weighted by atomic mass is 10.3. The van der Waals surface area contributed by atoms with Gasteiger partial charge in [0.2, 0.25) is 40.9 Å². The van der Waals surface area contributed by atoms with Crippen molar-refractivity contribution in [2.75, 3.05) is 40.8 Å². The molecule has 0 aromatic carbocycles. The average Bonchev–Trinajstić information content (AvgIpc) is 3.81. The number of hydrogen-bond donors (Lipinski definition) is 4. The molecule has 3 saturated carbocycles. The lowest BCUT2D eigenvalue weighted by Crippen LogP contribution is -2.31. The van der Waals surface area contributed by atoms with Crippen LogP contribution in [0.4, 0.5) is 0 Å². The Morgan fingerprint density at radius 1 is 0.617 bits per heavy atom. The molecule has 4 N–H and O–H groups in total. The van der Waals surface area contributed by atoms with Gasteiger partial charge in [-0.05, 0) is 11.1 Å². The number of azide groups is 2.